The number of ether oxygens (including phenoxy) is 2. The fourth-order valence-electron chi connectivity index (χ4n) is 4.74. The molecular weight excluding hydrogens is 531 g/mol. The lowest BCUT2D eigenvalue weighted by Crippen LogP contribution is -2.56. The average molecular weight is 575 g/mol. The molecule has 2 unspecified atom stereocenters. The quantitative estimate of drug-likeness (QED) is 0.226. The van der Waals surface area contributed by atoms with E-state index in [1.807, 2.05) is 37.3 Å². The summed E-state index contributed by atoms with van der Waals surface area (Å²) in [5.74, 6) is 0.765. The van der Waals surface area contributed by atoms with Crippen LogP contribution in [0.1, 0.15) is 57.6 Å². The van der Waals surface area contributed by atoms with Crippen molar-refractivity contribution in [2.75, 3.05) is 52.5 Å². The number of hydrogen-bond acceptors (Lipinski definition) is 5. The molecule has 1 saturated heterocycles. The van der Waals surface area contributed by atoms with Gasteiger partial charge in [-0.25, -0.2) is 0 Å². The van der Waals surface area contributed by atoms with Gasteiger partial charge in [0.2, 0.25) is 0 Å². The summed E-state index contributed by atoms with van der Waals surface area (Å²) < 4.78 is 11.5. The Hall–Kier alpha value is -0.940. The number of halogens is 1. The number of morpholine rings is 1. The summed E-state index contributed by atoms with van der Waals surface area (Å²) in [7, 11) is 0. The van der Waals surface area contributed by atoms with Crippen molar-refractivity contribution in [1.82, 2.24) is 15.5 Å². The zero-order chi connectivity index (χ0) is 22.7. The maximum absolute atomic E-state index is 10.4. The Morgan fingerprint density at radius 3 is 2.52 bits per heavy atom. The third-order valence-corrected chi connectivity index (χ3v) is 6.65. The minimum atomic E-state index is -0.604. The number of guanidine groups is 1. The lowest BCUT2D eigenvalue weighted by atomic mass is 9.80. The summed E-state index contributed by atoms with van der Waals surface area (Å²) in [6.45, 7) is 9.94. The van der Waals surface area contributed by atoms with Crippen LogP contribution >= 0.6 is 24.0 Å². The van der Waals surface area contributed by atoms with Gasteiger partial charge in [0.15, 0.2) is 5.96 Å². The molecule has 0 amide bonds. The highest BCUT2D eigenvalue weighted by molar-refractivity contribution is 14.0. The van der Waals surface area contributed by atoms with E-state index in [2.05, 4.69) is 22.5 Å². The normalized spacial score (nSPS) is 21.0. The van der Waals surface area contributed by atoms with E-state index in [1.54, 1.807) is 0 Å². The Balaban J connectivity index is 0.00000385. The van der Waals surface area contributed by atoms with Gasteiger partial charge in [-0.05, 0) is 32.3 Å². The maximum Gasteiger partial charge on any atom is 0.191 e. The van der Waals surface area contributed by atoms with Crippen LogP contribution in [-0.2, 0) is 9.47 Å². The lowest BCUT2D eigenvalue weighted by molar-refractivity contribution is -0.0333. The summed E-state index contributed by atoms with van der Waals surface area (Å²) >= 11 is 0. The molecule has 1 aliphatic carbocycles. The molecule has 2 fully saturated rings. The Labute approximate surface area is 216 Å². The first-order valence-electron chi connectivity index (χ1n) is 12.3. The van der Waals surface area contributed by atoms with Gasteiger partial charge in [-0.15, -0.1) is 24.0 Å². The molecule has 1 saturated carbocycles. The lowest BCUT2D eigenvalue weighted by Gasteiger charge is -2.47. The van der Waals surface area contributed by atoms with Crippen molar-refractivity contribution in [2.24, 2.45) is 4.99 Å². The van der Waals surface area contributed by atoms with Crippen molar-refractivity contribution in [2.45, 2.75) is 63.7 Å². The fourth-order valence-corrected chi connectivity index (χ4v) is 4.74. The highest BCUT2D eigenvalue weighted by Gasteiger charge is 2.38. The number of nitrogens with zero attached hydrogens (tertiary/aromatic N) is 2. The number of benzene rings is 1. The van der Waals surface area contributed by atoms with Crippen molar-refractivity contribution in [3.63, 3.8) is 0 Å². The van der Waals surface area contributed by atoms with Gasteiger partial charge in [0, 0.05) is 31.7 Å². The van der Waals surface area contributed by atoms with E-state index in [1.165, 1.54) is 32.1 Å². The third-order valence-electron chi connectivity index (χ3n) is 6.65. The van der Waals surface area contributed by atoms with Crippen molar-refractivity contribution in [3.05, 3.63) is 35.9 Å². The molecule has 33 heavy (non-hydrogen) atoms. The molecule has 1 aromatic rings. The van der Waals surface area contributed by atoms with Gasteiger partial charge in [0.25, 0.3) is 0 Å². The summed E-state index contributed by atoms with van der Waals surface area (Å²) in [5, 5.41) is 17.1. The standard InChI is InChI=1S/C25H42N4O3.HI/c1-3-26-24(27-18-23(30)19-32-21(2)22-10-6-4-7-11-22)28-20-25(12-8-5-9-13-25)29-14-16-31-17-15-29;/h4,6-7,10-11,21,23,30H,3,5,8-9,12-20H2,1-2H3,(H2,26,27,28);1H. The van der Waals surface area contributed by atoms with Gasteiger partial charge < -0.3 is 25.2 Å². The molecule has 1 heterocycles. The van der Waals surface area contributed by atoms with E-state index in [0.717, 1.165) is 50.9 Å². The van der Waals surface area contributed by atoms with E-state index in [-0.39, 0.29) is 42.2 Å². The van der Waals surface area contributed by atoms with E-state index in [9.17, 15) is 5.11 Å². The van der Waals surface area contributed by atoms with Crippen LogP contribution in [0, 0.1) is 0 Å². The molecular formula is C25H43IN4O3. The minimum Gasteiger partial charge on any atom is -0.389 e. The van der Waals surface area contributed by atoms with Gasteiger partial charge in [0.05, 0.1) is 38.6 Å². The number of aliphatic hydroxyl groups excluding tert-OH is 1. The van der Waals surface area contributed by atoms with E-state index in [0.29, 0.717) is 6.54 Å². The fraction of sp³-hybridized carbons (Fsp3) is 0.720. The highest BCUT2D eigenvalue weighted by Crippen LogP contribution is 2.34. The van der Waals surface area contributed by atoms with Crippen LogP contribution in [0.4, 0.5) is 0 Å². The second kappa shape index (κ2) is 15.1. The maximum atomic E-state index is 10.4. The van der Waals surface area contributed by atoms with Gasteiger partial charge in [-0.3, -0.25) is 9.89 Å². The molecule has 2 aliphatic rings. The molecule has 1 aliphatic heterocycles. The number of hydrogen-bond donors (Lipinski definition) is 3. The van der Waals surface area contributed by atoms with Crippen LogP contribution in [0.15, 0.2) is 35.3 Å². The molecule has 8 heteroatoms. The molecule has 7 nitrogen and oxygen atoms in total. The average Bonchev–Trinajstić information content (AvgIpc) is 2.86. The molecule has 0 spiro atoms. The highest BCUT2D eigenvalue weighted by atomic mass is 127. The van der Waals surface area contributed by atoms with E-state index < -0.39 is 6.10 Å². The Morgan fingerprint density at radius 2 is 1.85 bits per heavy atom. The van der Waals surface area contributed by atoms with Crippen LogP contribution in [0.2, 0.25) is 0 Å². The van der Waals surface area contributed by atoms with Crippen molar-refractivity contribution < 1.29 is 14.6 Å². The predicted molar refractivity (Wildman–Crippen MR) is 144 cm³/mol. The van der Waals surface area contributed by atoms with Crippen LogP contribution < -0.4 is 10.6 Å². The third kappa shape index (κ3) is 8.98. The molecule has 0 aromatic heterocycles. The first-order valence-corrected chi connectivity index (χ1v) is 12.3. The zero-order valence-electron chi connectivity index (χ0n) is 20.3. The molecule has 3 N–H and O–H groups in total. The monoisotopic (exact) mass is 574 g/mol. The molecule has 0 bridgehead atoms. The molecule has 2 atom stereocenters. The Bertz CT molecular complexity index is 679. The molecule has 3 rings (SSSR count). The molecule has 188 valence electrons. The first-order chi connectivity index (χ1) is 15.6. The largest absolute Gasteiger partial charge is 0.389 e. The van der Waals surface area contributed by atoms with Gasteiger partial charge in [-0.2, -0.15) is 0 Å². The number of aliphatic imine (C=N–C) groups is 1. The van der Waals surface area contributed by atoms with Crippen LogP contribution in [0.5, 0.6) is 0 Å². The zero-order valence-corrected chi connectivity index (χ0v) is 22.6. The van der Waals surface area contributed by atoms with Crippen LogP contribution in [-0.4, -0.2) is 80.2 Å². The number of nitrogens with one attached hydrogen (secondary N) is 2. The summed E-state index contributed by atoms with van der Waals surface area (Å²) in [6.07, 6.45) is 5.61. The van der Waals surface area contributed by atoms with Crippen LogP contribution in [0.3, 0.4) is 0 Å². The number of aliphatic hydroxyl groups is 1. The molecule has 1 aromatic carbocycles. The van der Waals surface area contributed by atoms with Crippen molar-refractivity contribution in [1.29, 1.82) is 0 Å². The summed E-state index contributed by atoms with van der Waals surface area (Å²) in [6, 6.07) is 10.1. The topological polar surface area (TPSA) is 78.4 Å². The van der Waals surface area contributed by atoms with E-state index in [4.69, 9.17) is 14.5 Å². The summed E-state index contributed by atoms with van der Waals surface area (Å²) in [4.78, 5) is 7.57. The smallest absolute Gasteiger partial charge is 0.191 e. The number of rotatable bonds is 10. The van der Waals surface area contributed by atoms with E-state index >= 15 is 0 Å². The first kappa shape index (κ1) is 28.3. The van der Waals surface area contributed by atoms with Crippen LogP contribution in [0.25, 0.3) is 0 Å². The predicted octanol–water partition coefficient (Wildman–Crippen LogP) is 3.33. The SMILES string of the molecule is CCNC(=NCC1(N2CCOCC2)CCCCC1)NCC(O)COC(C)c1ccccc1.I. The van der Waals surface area contributed by atoms with Crippen molar-refractivity contribution >= 4 is 29.9 Å². The minimum absolute atomic E-state index is 0. The molecule has 0 radical (unpaired) electrons. The van der Waals surface area contributed by atoms with Gasteiger partial charge in [0.1, 0.15) is 0 Å². The van der Waals surface area contributed by atoms with Crippen molar-refractivity contribution in [3.8, 4) is 0 Å². The Kier molecular flexibility index (Phi) is 13.0. The van der Waals surface area contributed by atoms with Gasteiger partial charge in [-0.1, -0.05) is 49.6 Å². The second-order valence-corrected chi connectivity index (χ2v) is 9.00. The second-order valence-electron chi connectivity index (χ2n) is 9.00. The Morgan fingerprint density at radius 1 is 1.15 bits per heavy atom. The van der Waals surface area contributed by atoms with Gasteiger partial charge >= 0.3 is 0 Å². The summed E-state index contributed by atoms with van der Waals surface area (Å²) in [5.41, 5.74) is 1.25.